The lowest BCUT2D eigenvalue weighted by Crippen LogP contribution is -2.68. The van der Waals surface area contributed by atoms with Gasteiger partial charge in [0.1, 0.15) is 79.0 Å². The molecule has 21 nitrogen and oxygen atoms in total. The standard InChI is InChI=1S/C34H54O21/c1-10-20(40)23(43)25(45)32(50-10)49-9-18-29(53-33-26(46)24(44)21(41)17(8-35)52-33)27(47)31(48)34(2,54-18)55-30-22(42)19-15(39)6-12(36)7-16(19)51-28(30)11-3-4-13(37)14(38)5-11/h10-21,23-27,29,31-33,35-41,43-48H,3-9H2,1-2H3/t10?,11?,12?,13?,14?,15?,16?,17?,18?,19?,20-,21+,23-,24+,25?,26?,27+,29+,31?,32+,33-,34-/m0/s1. The molecule has 2 saturated carbocycles. The van der Waals surface area contributed by atoms with Crippen molar-refractivity contribution in [3.63, 3.8) is 0 Å². The van der Waals surface area contributed by atoms with Gasteiger partial charge in [-0.2, -0.15) is 0 Å². The summed E-state index contributed by atoms with van der Waals surface area (Å²) in [5.74, 6) is -5.77. The second-order valence-electron chi connectivity index (χ2n) is 15.6. The van der Waals surface area contributed by atoms with Crippen LogP contribution in [0.1, 0.15) is 46.0 Å². The Bertz CT molecular complexity index is 1370. The van der Waals surface area contributed by atoms with E-state index in [9.17, 15) is 71.2 Å². The lowest BCUT2D eigenvalue weighted by atomic mass is 9.75. The monoisotopic (exact) mass is 798 g/mol. The van der Waals surface area contributed by atoms with Gasteiger partial charge in [-0.25, -0.2) is 0 Å². The van der Waals surface area contributed by atoms with E-state index in [1.165, 1.54) is 6.92 Å². The number of carbonyl (C=O) groups excluding carboxylic acids is 1. The molecule has 13 N–H and O–H groups in total. The van der Waals surface area contributed by atoms with E-state index in [1.54, 1.807) is 0 Å². The quantitative estimate of drug-likeness (QED) is 0.103. The predicted molar refractivity (Wildman–Crippen MR) is 174 cm³/mol. The third-order valence-electron chi connectivity index (χ3n) is 11.6. The largest absolute Gasteiger partial charge is 0.489 e. The SMILES string of the molecule is CC1O[C@@H](OCC2O[C@@](C)(OC3=C(C4CCC(O)C(O)C4)OC4CC(O)CC(O)C4C3=O)C(O)[C@H](O)[C@@H]2O[C@@H]2OC(CO)[C@@H](O)[C@@H](O)C2O)C(O)[C@@H](O)[C@H]1O. The molecule has 0 aromatic heterocycles. The van der Waals surface area contributed by atoms with E-state index in [0.717, 1.165) is 6.92 Å². The summed E-state index contributed by atoms with van der Waals surface area (Å²) in [4.78, 5) is 14.2. The second-order valence-corrected chi connectivity index (χ2v) is 15.6. The van der Waals surface area contributed by atoms with Crippen molar-refractivity contribution in [2.45, 2.75) is 168 Å². The van der Waals surface area contributed by atoms with Crippen LogP contribution in [0.5, 0.6) is 0 Å². The molecule has 0 aromatic carbocycles. The van der Waals surface area contributed by atoms with Crippen LogP contribution in [0.25, 0.3) is 0 Å². The van der Waals surface area contributed by atoms with Gasteiger partial charge in [-0.05, 0) is 26.2 Å². The van der Waals surface area contributed by atoms with Crippen LogP contribution in [-0.4, -0.2) is 208 Å². The number of aliphatic hydroxyl groups excluding tert-OH is 13. The number of hydrogen-bond acceptors (Lipinski definition) is 21. The summed E-state index contributed by atoms with van der Waals surface area (Å²) in [6.45, 7) is 1.01. The average molecular weight is 799 g/mol. The van der Waals surface area contributed by atoms with Gasteiger partial charge in [-0.1, -0.05) is 0 Å². The van der Waals surface area contributed by atoms with E-state index >= 15 is 0 Å². The highest BCUT2D eigenvalue weighted by Gasteiger charge is 2.59. The number of ketones is 1. The molecule has 3 saturated heterocycles. The van der Waals surface area contributed by atoms with Crippen molar-refractivity contribution in [1.29, 1.82) is 0 Å². The van der Waals surface area contributed by atoms with Crippen LogP contribution in [0.15, 0.2) is 11.5 Å². The van der Waals surface area contributed by atoms with Crippen molar-refractivity contribution in [1.82, 2.24) is 0 Å². The Morgan fingerprint density at radius 3 is 2.07 bits per heavy atom. The van der Waals surface area contributed by atoms with Crippen LogP contribution < -0.4 is 0 Å². The van der Waals surface area contributed by atoms with Crippen LogP contribution in [0, 0.1) is 11.8 Å². The zero-order valence-electron chi connectivity index (χ0n) is 30.2. The highest BCUT2D eigenvalue weighted by molar-refractivity contribution is 5.97. The van der Waals surface area contributed by atoms with Crippen LogP contribution in [-0.2, 0) is 38.0 Å². The van der Waals surface area contributed by atoms with Gasteiger partial charge in [0.15, 0.2) is 12.6 Å². The smallest absolute Gasteiger partial charge is 0.237 e. The van der Waals surface area contributed by atoms with E-state index in [2.05, 4.69) is 0 Å². The molecule has 13 unspecified atom stereocenters. The Morgan fingerprint density at radius 2 is 1.40 bits per heavy atom. The fourth-order valence-electron chi connectivity index (χ4n) is 8.30. The van der Waals surface area contributed by atoms with Gasteiger partial charge in [0.05, 0.1) is 49.7 Å². The van der Waals surface area contributed by atoms with Crippen molar-refractivity contribution in [3.05, 3.63) is 11.5 Å². The number of rotatable bonds is 9. The molecular formula is C34H54O21. The molecule has 0 aromatic rings. The van der Waals surface area contributed by atoms with Gasteiger partial charge in [0, 0.05) is 25.7 Å². The van der Waals surface area contributed by atoms with Crippen molar-refractivity contribution in [3.8, 4) is 0 Å². The van der Waals surface area contributed by atoms with Crippen molar-refractivity contribution in [2.75, 3.05) is 13.2 Å². The van der Waals surface area contributed by atoms with Gasteiger partial charge in [-0.15, -0.1) is 0 Å². The van der Waals surface area contributed by atoms with Crippen LogP contribution >= 0.6 is 0 Å². The van der Waals surface area contributed by atoms with Crippen LogP contribution in [0.4, 0.5) is 0 Å². The molecule has 316 valence electrons. The fourth-order valence-corrected chi connectivity index (χ4v) is 8.30. The molecule has 21 heteroatoms. The molecule has 4 heterocycles. The number of fused-ring (bicyclic) bond motifs is 1. The second kappa shape index (κ2) is 16.9. The number of ether oxygens (including phenoxy) is 7. The topological polar surface area (TPSA) is 345 Å². The van der Waals surface area contributed by atoms with E-state index in [1.807, 2.05) is 0 Å². The first-order valence-corrected chi connectivity index (χ1v) is 18.5. The molecule has 22 atom stereocenters. The van der Waals surface area contributed by atoms with Gasteiger partial charge in [0.2, 0.25) is 17.3 Å². The normalized spacial score (nSPS) is 52.3. The van der Waals surface area contributed by atoms with E-state index in [-0.39, 0.29) is 37.9 Å². The summed E-state index contributed by atoms with van der Waals surface area (Å²) >= 11 is 0. The molecule has 55 heavy (non-hydrogen) atoms. The lowest BCUT2D eigenvalue weighted by molar-refractivity contribution is -0.387. The molecule has 2 aliphatic carbocycles. The predicted octanol–water partition coefficient (Wildman–Crippen LogP) is -6.30. The van der Waals surface area contributed by atoms with Crippen LogP contribution in [0.3, 0.4) is 0 Å². The maximum absolute atomic E-state index is 14.2. The summed E-state index contributed by atoms with van der Waals surface area (Å²) in [5.41, 5.74) is 0. The summed E-state index contributed by atoms with van der Waals surface area (Å²) in [6, 6.07) is 0. The van der Waals surface area contributed by atoms with E-state index < -0.39 is 159 Å². The molecule has 6 aliphatic rings. The molecule has 4 aliphatic heterocycles. The summed E-state index contributed by atoms with van der Waals surface area (Å²) < 4.78 is 41.1. The summed E-state index contributed by atoms with van der Waals surface area (Å²) in [6.07, 6.45) is -29.6. The average Bonchev–Trinajstić information content (AvgIpc) is 3.14. The van der Waals surface area contributed by atoms with Gasteiger partial charge in [-0.3, -0.25) is 4.79 Å². The minimum atomic E-state index is -2.41. The molecule has 0 spiro atoms. The maximum atomic E-state index is 14.2. The third-order valence-corrected chi connectivity index (χ3v) is 11.6. The lowest BCUT2D eigenvalue weighted by Gasteiger charge is -2.51. The van der Waals surface area contributed by atoms with Crippen LogP contribution in [0.2, 0.25) is 0 Å². The Labute approximate surface area is 314 Å². The Morgan fingerprint density at radius 1 is 0.727 bits per heavy atom. The third kappa shape index (κ3) is 8.29. The minimum Gasteiger partial charge on any atom is -0.489 e. The fraction of sp³-hybridized carbons (Fsp3) is 0.912. The van der Waals surface area contributed by atoms with Crippen molar-refractivity contribution in [2.24, 2.45) is 11.8 Å². The molecule has 0 radical (unpaired) electrons. The molecule has 0 amide bonds. The first kappa shape index (κ1) is 42.9. The zero-order chi connectivity index (χ0) is 40.3. The highest BCUT2D eigenvalue weighted by atomic mass is 16.8. The van der Waals surface area contributed by atoms with E-state index in [0.29, 0.717) is 0 Å². The number of carbonyl (C=O) groups is 1. The molecular weight excluding hydrogens is 744 g/mol. The zero-order valence-corrected chi connectivity index (χ0v) is 30.2. The van der Waals surface area contributed by atoms with Gasteiger partial charge < -0.3 is 99.5 Å². The van der Waals surface area contributed by atoms with Crippen molar-refractivity contribution >= 4 is 5.78 Å². The Hall–Kier alpha value is -1.71. The number of aliphatic hydroxyl groups is 13. The molecule has 6 rings (SSSR count). The van der Waals surface area contributed by atoms with Gasteiger partial charge >= 0.3 is 0 Å². The highest BCUT2D eigenvalue weighted by Crippen LogP contribution is 2.45. The number of allylic oxidation sites excluding steroid dienone is 2. The number of Topliss-reactive ketones (excluding diaryl/α,β-unsaturated/α-hetero) is 1. The van der Waals surface area contributed by atoms with E-state index in [4.69, 9.17) is 33.2 Å². The maximum Gasteiger partial charge on any atom is 0.237 e. The molecule has 5 fully saturated rings. The van der Waals surface area contributed by atoms with Gasteiger partial charge in [0.25, 0.3) is 0 Å². The summed E-state index contributed by atoms with van der Waals surface area (Å²) in [5, 5.41) is 137. The number of hydrogen-bond donors (Lipinski definition) is 13. The first-order chi connectivity index (χ1) is 25.9. The minimum absolute atomic E-state index is 0.0208. The Kier molecular flexibility index (Phi) is 13.2. The molecule has 0 bridgehead atoms. The summed E-state index contributed by atoms with van der Waals surface area (Å²) in [7, 11) is 0. The van der Waals surface area contributed by atoms with Crippen molar-refractivity contribution < 1.29 is 104 Å². The first-order valence-electron chi connectivity index (χ1n) is 18.5. The Balaban J connectivity index is 1.33.